The predicted molar refractivity (Wildman–Crippen MR) is 31.4 cm³/mol. The molecule has 1 amide bonds. The summed E-state index contributed by atoms with van der Waals surface area (Å²) in [6.45, 7) is 3.17. The molecule has 0 spiro atoms. The average molecular weight is 108 g/mol. The minimum Gasteiger partial charge on any atom is -0.402 e. The lowest BCUT2D eigenvalue weighted by molar-refractivity contribution is -0.115. The molecule has 0 saturated heterocycles. The van der Waals surface area contributed by atoms with Crippen molar-refractivity contribution in [3.8, 4) is 6.07 Å². The maximum atomic E-state index is 10.3. The highest BCUT2D eigenvalue weighted by Crippen LogP contribution is 1.82. The van der Waals surface area contributed by atoms with Gasteiger partial charge in [-0.3, -0.25) is 4.79 Å². The first kappa shape index (κ1) is 6.76. The van der Waals surface area contributed by atoms with Crippen molar-refractivity contribution in [2.45, 2.75) is 0 Å². The SMILES string of the molecule is BNC(=O)C(=C)C#N. The van der Waals surface area contributed by atoms with Crippen molar-refractivity contribution in [1.29, 1.82) is 5.26 Å². The first-order chi connectivity index (χ1) is 3.72. The van der Waals surface area contributed by atoms with Crippen LogP contribution in [0.25, 0.3) is 0 Å². The Balaban J connectivity index is 3.89. The zero-order valence-corrected chi connectivity index (χ0v) is 4.56. The Labute approximate surface area is 48.4 Å². The molecule has 0 aliphatic rings. The van der Waals surface area contributed by atoms with Crippen LogP contribution in [0.2, 0.25) is 0 Å². The van der Waals surface area contributed by atoms with E-state index in [4.69, 9.17) is 5.26 Å². The third kappa shape index (κ3) is 1.48. The van der Waals surface area contributed by atoms with E-state index < -0.39 is 5.91 Å². The molecule has 1 N–H and O–H groups in total. The van der Waals surface area contributed by atoms with Crippen LogP contribution < -0.4 is 5.23 Å². The molecule has 4 heteroatoms. The highest BCUT2D eigenvalue weighted by Gasteiger charge is 1.98. The first-order valence-electron chi connectivity index (χ1n) is 2.03. The maximum absolute atomic E-state index is 10.3. The Morgan fingerprint density at radius 2 is 2.38 bits per heavy atom. The molecule has 0 atom stereocenters. The van der Waals surface area contributed by atoms with Crippen molar-refractivity contribution in [2.75, 3.05) is 0 Å². The van der Waals surface area contributed by atoms with Gasteiger partial charge in [-0.1, -0.05) is 6.58 Å². The third-order valence-electron chi connectivity index (χ3n) is 0.636. The van der Waals surface area contributed by atoms with E-state index in [1.165, 1.54) is 7.98 Å². The molecule has 0 aromatic carbocycles. The van der Waals surface area contributed by atoms with E-state index in [0.717, 1.165) is 0 Å². The second-order valence-corrected chi connectivity index (χ2v) is 1.17. The molecule has 0 unspecified atom stereocenters. The van der Waals surface area contributed by atoms with Gasteiger partial charge in [-0.2, -0.15) is 5.26 Å². The summed E-state index contributed by atoms with van der Waals surface area (Å²) in [7, 11) is 1.45. The van der Waals surface area contributed by atoms with E-state index >= 15 is 0 Å². The van der Waals surface area contributed by atoms with Crippen LogP contribution in [0.3, 0.4) is 0 Å². The second-order valence-electron chi connectivity index (χ2n) is 1.17. The number of carbonyl (C=O) groups is 1. The lowest BCUT2D eigenvalue weighted by Gasteiger charge is -1.89. The van der Waals surface area contributed by atoms with Crippen molar-refractivity contribution < 1.29 is 4.79 Å². The van der Waals surface area contributed by atoms with Crippen LogP contribution >= 0.6 is 0 Å². The summed E-state index contributed by atoms with van der Waals surface area (Å²) >= 11 is 0. The summed E-state index contributed by atoms with van der Waals surface area (Å²) in [5, 5.41) is 10.3. The van der Waals surface area contributed by atoms with Gasteiger partial charge in [0, 0.05) is 0 Å². The van der Waals surface area contributed by atoms with Crippen LogP contribution in [0.15, 0.2) is 12.2 Å². The molecule has 0 heterocycles. The van der Waals surface area contributed by atoms with Crippen molar-refractivity contribution in [1.82, 2.24) is 5.23 Å². The number of carbonyl (C=O) groups excluding carboxylic acids is 1. The number of nitrogens with one attached hydrogen (secondary N) is 1. The molecule has 0 bridgehead atoms. The topological polar surface area (TPSA) is 52.9 Å². The van der Waals surface area contributed by atoms with Gasteiger partial charge in [0.05, 0.1) is 0 Å². The fourth-order valence-corrected chi connectivity index (χ4v) is 0.202. The Morgan fingerprint density at radius 3 is 2.50 bits per heavy atom. The summed E-state index contributed by atoms with van der Waals surface area (Å²) in [6.07, 6.45) is 0. The Bertz CT molecular complexity index is 158. The molecule has 0 aromatic heterocycles. The molecule has 0 aromatic rings. The average Bonchev–Trinajstić information content (AvgIpc) is 1.84. The van der Waals surface area contributed by atoms with Crippen molar-refractivity contribution >= 4 is 13.9 Å². The molecule has 0 aliphatic carbocycles. The minimum absolute atomic E-state index is 0.0625. The van der Waals surface area contributed by atoms with E-state index in [1.54, 1.807) is 6.07 Å². The highest BCUT2D eigenvalue weighted by molar-refractivity contribution is 6.18. The monoisotopic (exact) mass is 108 g/mol. The van der Waals surface area contributed by atoms with Crippen LogP contribution in [0.1, 0.15) is 0 Å². The van der Waals surface area contributed by atoms with E-state index in [1.807, 2.05) is 0 Å². The van der Waals surface area contributed by atoms with Gasteiger partial charge < -0.3 is 5.23 Å². The lowest BCUT2D eigenvalue weighted by Crippen LogP contribution is -2.20. The summed E-state index contributed by atoms with van der Waals surface area (Å²) in [6, 6.07) is 1.61. The zero-order chi connectivity index (χ0) is 6.57. The van der Waals surface area contributed by atoms with E-state index in [-0.39, 0.29) is 5.57 Å². The van der Waals surface area contributed by atoms with Gasteiger partial charge in [-0.15, -0.1) is 0 Å². The predicted octanol–water partition coefficient (Wildman–Crippen LogP) is -1.27. The maximum Gasteiger partial charge on any atom is 0.248 e. The zero-order valence-electron chi connectivity index (χ0n) is 4.56. The first-order valence-corrected chi connectivity index (χ1v) is 2.03. The second kappa shape index (κ2) is 2.86. The molecule has 0 fully saturated rings. The standard InChI is InChI=1S/C4H5BN2O/c1-3(2-6)4(8)7-5/h1,5H2,(H,7,8). The molecular formula is C4H5BN2O. The summed E-state index contributed by atoms with van der Waals surface area (Å²) in [4.78, 5) is 10.3. The molecule has 0 radical (unpaired) electrons. The lowest BCUT2D eigenvalue weighted by atomic mass is 10.3. The summed E-state index contributed by atoms with van der Waals surface area (Å²) in [5.41, 5.74) is -0.0625. The van der Waals surface area contributed by atoms with Crippen LogP contribution in [0.4, 0.5) is 0 Å². The highest BCUT2D eigenvalue weighted by atomic mass is 16.1. The Morgan fingerprint density at radius 1 is 1.88 bits per heavy atom. The largest absolute Gasteiger partial charge is 0.402 e. The van der Waals surface area contributed by atoms with Gasteiger partial charge in [-0.05, 0) is 0 Å². The smallest absolute Gasteiger partial charge is 0.248 e. The van der Waals surface area contributed by atoms with Gasteiger partial charge >= 0.3 is 0 Å². The molecule has 8 heavy (non-hydrogen) atoms. The number of hydrogen-bond acceptors (Lipinski definition) is 2. The van der Waals surface area contributed by atoms with Gasteiger partial charge in [0.15, 0.2) is 0 Å². The molecular weight excluding hydrogens is 103 g/mol. The van der Waals surface area contributed by atoms with Gasteiger partial charge in [-0.25, -0.2) is 0 Å². The van der Waals surface area contributed by atoms with Crippen LogP contribution in [0, 0.1) is 11.3 Å². The van der Waals surface area contributed by atoms with Gasteiger partial charge in [0.1, 0.15) is 11.6 Å². The summed E-state index contributed by atoms with van der Waals surface area (Å²) in [5.74, 6) is -0.424. The number of rotatable bonds is 1. The minimum atomic E-state index is -0.424. The fourth-order valence-electron chi connectivity index (χ4n) is 0.202. The van der Waals surface area contributed by atoms with Crippen LogP contribution in [-0.4, -0.2) is 13.9 Å². The van der Waals surface area contributed by atoms with Crippen LogP contribution in [0.5, 0.6) is 0 Å². The molecule has 0 saturated carbocycles. The fraction of sp³-hybridized carbons (Fsp3) is 0. The number of hydrogen-bond donors (Lipinski definition) is 1. The number of amides is 1. The quantitative estimate of drug-likeness (QED) is 0.258. The molecule has 0 aliphatic heterocycles. The Hall–Kier alpha value is -1.24. The molecule has 3 nitrogen and oxygen atoms in total. The van der Waals surface area contributed by atoms with E-state index in [0.29, 0.717) is 0 Å². The van der Waals surface area contributed by atoms with E-state index in [2.05, 4.69) is 11.8 Å². The normalized spacial score (nSPS) is 6.88. The molecule has 40 valence electrons. The van der Waals surface area contributed by atoms with Crippen molar-refractivity contribution in [3.05, 3.63) is 12.2 Å². The number of nitrogens with zero attached hydrogens (tertiary/aromatic N) is 1. The van der Waals surface area contributed by atoms with Crippen molar-refractivity contribution in [2.24, 2.45) is 0 Å². The molecule has 0 rings (SSSR count). The van der Waals surface area contributed by atoms with Crippen molar-refractivity contribution in [3.63, 3.8) is 0 Å². The van der Waals surface area contributed by atoms with E-state index in [9.17, 15) is 4.79 Å². The third-order valence-corrected chi connectivity index (χ3v) is 0.636. The Kier molecular flexibility index (Phi) is 2.42. The van der Waals surface area contributed by atoms with Gasteiger partial charge in [0.25, 0.3) is 0 Å². The summed E-state index contributed by atoms with van der Waals surface area (Å²) < 4.78 is 0. The van der Waals surface area contributed by atoms with Crippen LogP contribution in [-0.2, 0) is 4.79 Å². The van der Waals surface area contributed by atoms with Gasteiger partial charge in [0.2, 0.25) is 13.9 Å². The number of nitriles is 1.